The Bertz CT molecular complexity index is 1600. The van der Waals surface area contributed by atoms with Gasteiger partial charge in [0, 0.05) is 11.1 Å². The van der Waals surface area contributed by atoms with E-state index in [0.29, 0.717) is 0 Å². The second-order valence-corrected chi connectivity index (χ2v) is 10.5. The molecule has 0 heterocycles. The van der Waals surface area contributed by atoms with Crippen molar-refractivity contribution in [2.24, 2.45) is 10.2 Å². The zero-order valence-electron chi connectivity index (χ0n) is 15.4. The molecule has 13 nitrogen and oxygen atoms in total. The molecule has 0 saturated heterocycles. The topological polar surface area (TPSA) is 237 Å². The fourth-order valence-electron chi connectivity index (χ4n) is 2.72. The van der Waals surface area contributed by atoms with Gasteiger partial charge in [-0.05, 0) is 47.9 Å². The van der Waals surface area contributed by atoms with Gasteiger partial charge in [0.2, 0.25) is 0 Å². The summed E-state index contributed by atoms with van der Waals surface area (Å²) in [6.45, 7) is 0. The van der Waals surface area contributed by atoms with Crippen molar-refractivity contribution in [2.75, 3.05) is 5.73 Å². The molecule has 3 rings (SSSR count). The average molecular weight is 502 g/mol. The molecule has 0 unspecified atom stereocenters. The van der Waals surface area contributed by atoms with E-state index >= 15 is 0 Å². The van der Waals surface area contributed by atoms with Crippen LogP contribution in [0.1, 0.15) is 0 Å². The molecule has 0 radical (unpaired) electrons. The summed E-state index contributed by atoms with van der Waals surface area (Å²) < 4.78 is 98.1. The maximum absolute atomic E-state index is 11.8. The van der Waals surface area contributed by atoms with Gasteiger partial charge in [-0.3, -0.25) is 9.11 Å². The molecule has 0 saturated carbocycles. The maximum atomic E-state index is 11.8. The Morgan fingerprint density at radius 3 is 1.91 bits per heavy atom. The molecule has 0 aliphatic rings. The Morgan fingerprint density at radius 2 is 1.41 bits per heavy atom. The Kier molecular flexibility index (Phi) is 5.71. The standard InChI is InChI=1S/C16H13N3O10S3/c17-12-7-11(31(24,25)26)5-8-6-13(32(27,28)29)15(16(20)14(8)12)19-18-9-1-3-10(4-2-9)30(21,22)23/h1-7,20H,17H2,(H,21,22,23)(H,24,25,26)(H,27,28,29)/p-1. The third-order valence-corrected chi connectivity index (χ3v) is 6.67. The number of rotatable bonds is 5. The molecule has 3 aromatic rings. The normalized spacial score (nSPS) is 13.1. The third-order valence-electron chi connectivity index (χ3n) is 4.12. The number of hydrogen-bond donors (Lipinski definition) is 4. The van der Waals surface area contributed by atoms with Gasteiger partial charge < -0.3 is 15.4 Å². The van der Waals surface area contributed by atoms with Crippen LogP contribution in [-0.2, 0) is 30.4 Å². The highest BCUT2D eigenvalue weighted by Crippen LogP contribution is 2.44. The largest absolute Gasteiger partial charge is 0.744 e. The molecule has 3 aromatic carbocycles. The van der Waals surface area contributed by atoms with E-state index in [-0.39, 0.29) is 22.1 Å². The predicted octanol–water partition coefficient (Wildman–Crippen LogP) is 1.94. The number of anilines is 1. The van der Waals surface area contributed by atoms with Gasteiger partial charge in [-0.1, -0.05) is 0 Å². The summed E-state index contributed by atoms with van der Waals surface area (Å²) in [5, 5.41) is 17.3. The Morgan fingerprint density at radius 1 is 0.812 bits per heavy atom. The van der Waals surface area contributed by atoms with E-state index in [0.717, 1.165) is 42.5 Å². The number of phenols is 1. The van der Waals surface area contributed by atoms with Crippen LogP contribution >= 0.6 is 0 Å². The lowest BCUT2D eigenvalue weighted by Crippen LogP contribution is -2.02. The van der Waals surface area contributed by atoms with Crippen LogP contribution < -0.4 is 5.73 Å². The van der Waals surface area contributed by atoms with Crippen molar-refractivity contribution in [1.82, 2.24) is 0 Å². The first-order valence-corrected chi connectivity index (χ1v) is 12.4. The lowest BCUT2D eigenvalue weighted by molar-refractivity contribution is 0.462. The second-order valence-electron chi connectivity index (χ2n) is 6.28. The molecule has 0 atom stereocenters. The summed E-state index contributed by atoms with van der Waals surface area (Å²) in [6, 6.07) is 6.40. The molecule has 16 heteroatoms. The molecule has 32 heavy (non-hydrogen) atoms. The number of nitrogens with two attached hydrogens (primary N) is 1. The van der Waals surface area contributed by atoms with Gasteiger partial charge in [-0.2, -0.15) is 21.9 Å². The van der Waals surface area contributed by atoms with E-state index in [1.165, 1.54) is 0 Å². The number of azo groups is 1. The third kappa shape index (κ3) is 4.69. The van der Waals surface area contributed by atoms with Gasteiger partial charge in [-0.25, -0.2) is 8.42 Å². The quantitative estimate of drug-likeness (QED) is 0.223. The molecule has 0 bridgehead atoms. The van der Waals surface area contributed by atoms with Crippen molar-refractivity contribution < 1.29 is 44.0 Å². The molecule has 0 aromatic heterocycles. The average Bonchev–Trinajstić information content (AvgIpc) is 2.64. The summed E-state index contributed by atoms with van der Waals surface area (Å²) in [5.74, 6) is -0.878. The van der Waals surface area contributed by atoms with Gasteiger partial charge in [0.25, 0.3) is 20.2 Å². The van der Waals surface area contributed by atoms with E-state index in [1.54, 1.807) is 0 Å². The minimum absolute atomic E-state index is 0.0483. The Balaban J connectivity index is 2.25. The van der Waals surface area contributed by atoms with Crippen LogP contribution in [0.2, 0.25) is 0 Å². The SMILES string of the molecule is Nc1cc(S(=O)(=O)O)cc2cc(S(=O)(=O)O)c(N=Nc3ccc(S(=O)(=O)[O-])cc3)c(O)c12. The monoisotopic (exact) mass is 502 g/mol. The number of hydrogen-bond acceptors (Lipinski definition) is 11. The Labute approximate surface area is 181 Å². The molecule has 0 spiro atoms. The lowest BCUT2D eigenvalue weighted by atomic mass is 10.1. The first kappa shape index (κ1) is 23.5. The number of nitrogen functional groups attached to an aromatic ring is 1. The van der Waals surface area contributed by atoms with E-state index in [1.807, 2.05) is 0 Å². The molecule has 0 aliphatic heterocycles. The van der Waals surface area contributed by atoms with Crippen LogP contribution in [0.3, 0.4) is 0 Å². The van der Waals surface area contributed by atoms with Crippen molar-refractivity contribution in [2.45, 2.75) is 14.7 Å². The predicted molar refractivity (Wildman–Crippen MR) is 108 cm³/mol. The fraction of sp³-hybridized carbons (Fsp3) is 0. The first-order valence-electron chi connectivity index (χ1n) is 8.11. The molecule has 0 amide bonds. The van der Waals surface area contributed by atoms with Crippen molar-refractivity contribution in [1.29, 1.82) is 0 Å². The van der Waals surface area contributed by atoms with Gasteiger partial charge in [0.05, 0.1) is 15.5 Å². The highest BCUT2D eigenvalue weighted by Gasteiger charge is 2.24. The summed E-state index contributed by atoms with van der Waals surface area (Å²) in [6.07, 6.45) is 0. The van der Waals surface area contributed by atoms with Gasteiger partial charge in [-0.15, -0.1) is 5.11 Å². The summed E-state index contributed by atoms with van der Waals surface area (Å²) in [5.41, 5.74) is 4.57. The number of fused-ring (bicyclic) bond motifs is 1. The van der Waals surface area contributed by atoms with Crippen LogP contribution in [0.25, 0.3) is 10.8 Å². The van der Waals surface area contributed by atoms with E-state index < -0.39 is 56.5 Å². The van der Waals surface area contributed by atoms with Gasteiger partial charge >= 0.3 is 0 Å². The number of nitrogens with zero attached hydrogens (tertiary/aromatic N) is 2. The first-order chi connectivity index (χ1) is 14.6. The zero-order valence-corrected chi connectivity index (χ0v) is 17.9. The molecule has 0 aliphatic carbocycles. The molecule has 0 fully saturated rings. The van der Waals surface area contributed by atoms with Crippen LogP contribution in [0.5, 0.6) is 5.75 Å². The van der Waals surface area contributed by atoms with Crippen LogP contribution in [-0.4, -0.2) is 44.0 Å². The lowest BCUT2D eigenvalue weighted by Gasteiger charge is -2.12. The Hall–Kier alpha value is -3.15. The smallest absolute Gasteiger partial charge is 0.296 e. The number of aromatic hydroxyl groups is 1. The highest BCUT2D eigenvalue weighted by atomic mass is 32.2. The maximum Gasteiger partial charge on any atom is 0.296 e. The minimum atomic E-state index is -5.03. The number of phenolic OH excluding ortho intramolecular Hbond substituents is 1. The summed E-state index contributed by atoms with van der Waals surface area (Å²) in [7, 11) is -14.5. The fourth-order valence-corrected chi connectivity index (χ4v) is 4.40. The van der Waals surface area contributed by atoms with Crippen molar-refractivity contribution in [3.8, 4) is 5.75 Å². The molecular formula is C16H12N3O10S3-. The minimum Gasteiger partial charge on any atom is -0.744 e. The highest BCUT2D eigenvalue weighted by molar-refractivity contribution is 7.86. The zero-order chi connectivity index (χ0) is 24.1. The molecule has 5 N–H and O–H groups in total. The van der Waals surface area contributed by atoms with E-state index in [2.05, 4.69) is 10.2 Å². The van der Waals surface area contributed by atoms with Crippen molar-refractivity contribution in [3.05, 3.63) is 42.5 Å². The van der Waals surface area contributed by atoms with E-state index in [4.69, 9.17) is 5.73 Å². The summed E-state index contributed by atoms with van der Waals surface area (Å²) >= 11 is 0. The number of benzene rings is 3. The van der Waals surface area contributed by atoms with Crippen molar-refractivity contribution in [3.63, 3.8) is 0 Å². The van der Waals surface area contributed by atoms with Gasteiger partial charge in [0.1, 0.15) is 20.7 Å². The van der Waals surface area contributed by atoms with Crippen LogP contribution in [0.4, 0.5) is 17.1 Å². The molecule has 170 valence electrons. The molecular weight excluding hydrogens is 490 g/mol. The second kappa shape index (κ2) is 7.76. The van der Waals surface area contributed by atoms with Gasteiger partial charge in [0.15, 0.2) is 5.75 Å². The van der Waals surface area contributed by atoms with Crippen LogP contribution in [0, 0.1) is 0 Å². The van der Waals surface area contributed by atoms with Crippen LogP contribution in [0.15, 0.2) is 67.4 Å². The summed E-state index contributed by atoms with van der Waals surface area (Å²) in [4.78, 5) is -2.20. The van der Waals surface area contributed by atoms with Crippen molar-refractivity contribution >= 4 is 58.2 Å². The van der Waals surface area contributed by atoms with E-state index in [9.17, 15) is 44.0 Å².